The van der Waals surface area contributed by atoms with Crippen molar-refractivity contribution >= 4 is 31.9 Å². The Bertz CT molecular complexity index is 1050. The van der Waals surface area contributed by atoms with Crippen LogP contribution in [0.2, 0.25) is 0 Å². The molecule has 3 aromatic rings. The lowest BCUT2D eigenvalue weighted by molar-refractivity contribution is 0.590. The molecular formula is C25H24Br2. The first-order chi connectivity index (χ1) is 12.6. The molecule has 0 unspecified atom stereocenters. The van der Waals surface area contributed by atoms with Crippen LogP contribution in [0.3, 0.4) is 0 Å². The van der Waals surface area contributed by atoms with E-state index in [2.05, 4.69) is 121 Å². The molecule has 0 saturated carbocycles. The summed E-state index contributed by atoms with van der Waals surface area (Å²) in [6.07, 6.45) is 0. The van der Waals surface area contributed by atoms with E-state index in [1.807, 2.05) is 0 Å². The zero-order valence-corrected chi connectivity index (χ0v) is 19.6. The second kappa shape index (κ2) is 6.32. The lowest BCUT2D eigenvalue weighted by atomic mass is 9.81. The van der Waals surface area contributed by atoms with E-state index in [0.717, 1.165) is 8.95 Å². The third-order valence-corrected chi connectivity index (χ3v) is 6.97. The highest BCUT2D eigenvalue weighted by atomic mass is 79.9. The van der Waals surface area contributed by atoms with Crippen molar-refractivity contribution in [3.05, 3.63) is 80.2 Å². The van der Waals surface area contributed by atoms with E-state index in [-0.39, 0.29) is 10.8 Å². The molecule has 0 heterocycles. The van der Waals surface area contributed by atoms with Gasteiger partial charge in [-0.2, -0.15) is 0 Å². The van der Waals surface area contributed by atoms with Crippen LogP contribution in [-0.4, -0.2) is 0 Å². The Morgan fingerprint density at radius 1 is 0.704 bits per heavy atom. The topological polar surface area (TPSA) is 0 Å². The summed E-state index contributed by atoms with van der Waals surface area (Å²) < 4.78 is 2.29. The lowest BCUT2D eigenvalue weighted by Gasteiger charge is -2.23. The quantitative estimate of drug-likeness (QED) is 0.325. The SMILES string of the molecule is CC(C)(C)c1ccc(Br)c(-c2ccc3c(c2)C(C)(C)c2cc(Br)ccc2-3)c1. The van der Waals surface area contributed by atoms with Crippen LogP contribution < -0.4 is 0 Å². The summed E-state index contributed by atoms with van der Waals surface area (Å²) in [5.74, 6) is 0. The summed E-state index contributed by atoms with van der Waals surface area (Å²) in [6, 6.07) is 20.3. The van der Waals surface area contributed by atoms with Crippen LogP contribution in [0.5, 0.6) is 0 Å². The van der Waals surface area contributed by atoms with Crippen LogP contribution in [0.1, 0.15) is 51.3 Å². The second-order valence-corrected chi connectivity index (χ2v) is 10.8. The number of halogens is 2. The highest BCUT2D eigenvalue weighted by Gasteiger charge is 2.35. The molecule has 0 bridgehead atoms. The number of hydrogen-bond acceptors (Lipinski definition) is 0. The van der Waals surface area contributed by atoms with Gasteiger partial charge in [0.15, 0.2) is 0 Å². The Balaban J connectivity index is 1.89. The van der Waals surface area contributed by atoms with Gasteiger partial charge in [-0.05, 0) is 74.7 Å². The summed E-state index contributed by atoms with van der Waals surface area (Å²) in [7, 11) is 0. The van der Waals surface area contributed by atoms with E-state index in [4.69, 9.17) is 0 Å². The zero-order valence-electron chi connectivity index (χ0n) is 16.5. The molecule has 138 valence electrons. The van der Waals surface area contributed by atoms with Crippen molar-refractivity contribution in [3.8, 4) is 22.3 Å². The van der Waals surface area contributed by atoms with Crippen molar-refractivity contribution in [1.82, 2.24) is 0 Å². The summed E-state index contributed by atoms with van der Waals surface area (Å²) in [5.41, 5.74) is 9.53. The van der Waals surface area contributed by atoms with E-state index in [1.54, 1.807) is 0 Å². The molecule has 0 atom stereocenters. The predicted octanol–water partition coefficient (Wildman–Crippen LogP) is 8.48. The van der Waals surface area contributed by atoms with Crippen molar-refractivity contribution in [3.63, 3.8) is 0 Å². The van der Waals surface area contributed by atoms with Crippen LogP contribution >= 0.6 is 31.9 Å². The van der Waals surface area contributed by atoms with Gasteiger partial charge in [-0.3, -0.25) is 0 Å². The molecule has 2 heteroatoms. The Hall–Kier alpha value is -1.38. The number of benzene rings is 3. The highest BCUT2D eigenvalue weighted by Crippen LogP contribution is 2.50. The van der Waals surface area contributed by atoms with Crippen molar-refractivity contribution in [1.29, 1.82) is 0 Å². The van der Waals surface area contributed by atoms with Gasteiger partial charge in [-0.1, -0.05) is 90.7 Å². The summed E-state index contributed by atoms with van der Waals surface area (Å²) in [5, 5.41) is 0. The molecule has 0 N–H and O–H groups in total. The predicted molar refractivity (Wildman–Crippen MR) is 124 cm³/mol. The minimum Gasteiger partial charge on any atom is -0.0573 e. The Morgan fingerprint density at radius 3 is 2.00 bits per heavy atom. The van der Waals surface area contributed by atoms with Gasteiger partial charge in [0.25, 0.3) is 0 Å². The first kappa shape index (κ1) is 19.0. The molecule has 0 saturated heterocycles. The molecule has 1 aliphatic carbocycles. The van der Waals surface area contributed by atoms with Crippen LogP contribution in [0, 0.1) is 0 Å². The average Bonchev–Trinajstić information content (AvgIpc) is 2.81. The molecule has 0 aliphatic heterocycles. The van der Waals surface area contributed by atoms with E-state index in [0.29, 0.717) is 0 Å². The summed E-state index contributed by atoms with van der Waals surface area (Å²) in [6.45, 7) is 11.4. The largest absolute Gasteiger partial charge is 0.0573 e. The standard InChI is InChI=1S/C25H24Br2/c1-24(2,3)16-7-11-23(27)20(13-16)15-6-9-18-19-10-8-17(26)14-22(19)25(4,5)21(18)12-15/h6-14H,1-5H3. The van der Waals surface area contributed by atoms with Crippen molar-refractivity contribution in [2.75, 3.05) is 0 Å². The fraction of sp³-hybridized carbons (Fsp3) is 0.280. The number of rotatable bonds is 1. The monoisotopic (exact) mass is 482 g/mol. The van der Waals surface area contributed by atoms with E-state index in [9.17, 15) is 0 Å². The Labute approximate surface area is 179 Å². The molecule has 0 amide bonds. The van der Waals surface area contributed by atoms with E-state index in [1.165, 1.54) is 38.9 Å². The molecular weight excluding hydrogens is 460 g/mol. The first-order valence-electron chi connectivity index (χ1n) is 9.34. The van der Waals surface area contributed by atoms with Gasteiger partial charge in [-0.25, -0.2) is 0 Å². The van der Waals surface area contributed by atoms with Gasteiger partial charge >= 0.3 is 0 Å². The van der Waals surface area contributed by atoms with Gasteiger partial charge in [0.2, 0.25) is 0 Å². The van der Waals surface area contributed by atoms with Crippen molar-refractivity contribution in [2.24, 2.45) is 0 Å². The van der Waals surface area contributed by atoms with Crippen LogP contribution in [0.4, 0.5) is 0 Å². The molecule has 0 nitrogen and oxygen atoms in total. The van der Waals surface area contributed by atoms with Gasteiger partial charge in [0.1, 0.15) is 0 Å². The third kappa shape index (κ3) is 3.11. The van der Waals surface area contributed by atoms with E-state index < -0.39 is 0 Å². The summed E-state index contributed by atoms with van der Waals surface area (Å²) >= 11 is 7.42. The van der Waals surface area contributed by atoms with E-state index >= 15 is 0 Å². The first-order valence-corrected chi connectivity index (χ1v) is 10.9. The molecule has 4 rings (SSSR count). The summed E-state index contributed by atoms with van der Waals surface area (Å²) in [4.78, 5) is 0. The molecule has 3 aromatic carbocycles. The molecule has 0 aromatic heterocycles. The highest BCUT2D eigenvalue weighted by molar-refractivity contribution is 9.10. The van der Waals surface area contributed by atoms with Crippen molar-refractivity contribution in [2.45, 2.75) is 45.4 Å². The second-order valence-electron chi connectivity index (χ2n) is 9.02. The molecule has 0 fully saturated rings. The Morgan fingerprint density at radius 2 is 1.33 bits per heavy atom. The maximum Gasteiger partial charge on any atom is 0.0253 e. The normalized spacial score (nSPS) is 14.8. The van der Waals surface area contributed by atoms with Crippen LogP contribution in [0.25, 0.3) is 22.3 Å². The lowest BCUT2D eigenvalue weighted by Crippen LogP contribution is -2.15. The van der Waals surface area contributed by atoms with Gasteiger partial charge in [-0.15, -0.1) is 0 Å². The smallest absolute Gasteiger partial charge is 0.0253 e. The molecule has 27 heavy (non-hydrogen) atoms. The maximum absolute atomic E-state index is 3.77. The van der Waals surface area contributed by atoms with Gasteiger partial charge in [0.05, 0.1) is 0 Å². The Kier molecular flexibility index (Phi) is 4.44. The zero-order chi connectivity index (χ0) is 19.6. The number of hydrogen-bond donors (Lipinski definition) is 0. The van der Waals surface area contributed by atoms with Crippen LogP contribution in [-0.2, 0) is 10.8 Å². The molecule has 0 spiro atoms. The van der Waals surface area contributed by atoms with Gasteiger partial charge < -0.3 is 0 Å². The van der Waals surface area contributed by atoms with Crippen molar-refractivity contribution < 1.29 is 0 Å². The fourth-order valence-electron chi connectivity index (χ4n) is 4.09. The van der Waals surface area contributed by atoms with Gasteiger partial charge in [0, 0.05) is 14.4 Å². The average molecular weight is 484 g/mol. The maximum atomic E-state index is 3.77. The molecule has 1 aliphatic rings. The minimum atomic E-state index is -0.00142. The third-order valence-electron chi connectivity index (χ3n) is 5.78. The minimum absolute atomic E-state index is 0.00142. The molecule has 0 radical (unpaired) electrons. The fourth-order valence-corrected chi connectivity index (χ4v) is 4.93. The number of fused-ring (bicyclic) bond motifs is 3. The van der Waals surface area contributed by atoms with Crippen LogP contribution in [0.15, 0.2) is 63.5 Å².